The summed E-state index contributed by atoms with van der Waals surface area (Å²) in [6.45, 7) is 4.66. The molecule has 0 aliphatic carbocycles. The quantitative estimate of drug-likeness (QED) is 0.880. The molecule has 3 nitrogen and oxygen atoms in total. The summed E-state index contributed by atoms with van der Waals surface area (Å²) in [6, 6.07) is 8.23. The predicted octanol–water partition coefficient (Wildman–Crippen LogP) is 4.55. The van der Waals surface area contributed by atoms with Crippen LogP contribution in [0.3, 0.4) is 0 Å². The first-order valence-electron chi connectivity index (χ1n) is 8.68. The lowest BCUT2D eigenvalue weighted by Gasteiger charge is -2.40. The zero-order chi connectivity index (χ0) is 18.2. The van der Waals surface area contributed by atoms with Crippen molar-refractivity contribution >= 4 is 10.9 Å². The van der Waals surface area contributed by atoms with E-state index < -0.39 is 18.0 Å². The van der Waals surface area contributed by atoms with Gasteiger partial charge in [0.25, 0.3) is 0 Å². The number of pyridine rings is 1. The van der Waals surface area contributed by atoms with E-state index in [0.717, 1.165) is 18.9 Å². The standard InChI is InChI=1S/C19H23F3N2O/c1-12-5-3-6-13(2)24(12)11-16(25)15-8-4-7-14-9-10-17(19(20,21)22)23-18(14)15/h4,7-10,12-13,16,25H,3,5-6,11H2,1-2H3. The van der Waals surface area contributed by atoms with Crippen molar-refractivity contribution in [2.75, 3.05) is 6.54 Å². The maximum atomic E-state index is 13.0. The first kappa shape index (κ1) is 18.1. The van der Waals surface area contributed by atoms with Crippen LogP contribution in [0.5, 0.6) is 0 Å². The number of hydrogen-bond donors (Lipinski definition) is 1. The van der Waals surface area contributed by atoms with Gasteiger partial charge >= 0.3 is 6.18 Å². The van der Waals surface area contributed by atoms with Crippen LogP contribution in [-0.2, 0) is 6.18 Å². The largest absolute Gasteiger partial charge is 0.433 e. The SMILES string of the molecule is CC1CCCC(C)N1CC(O)c1cccc2ccc(C(F)(F)F)nc12. The number of β-amino-alcohol motifs (C(OH)–C–C–N with tert-alkyl or cyclic N) is 1. The lowest BCUT2D eigenvalue weighted by molar-refractivity contribution is -0.140. The zero-order valence-corrected chi connectivity index (χ0v) is 14.4. The smallest absolute Gasteiger partial charge is 0.387 e. The van der Waals surface area contributed by atoms with Crippen molar-refractivity contribution in [3.05, 3.63) is 41.6 Å². The van der Waals surface area contributed by atoms with E-state index in [1.807, 2.05) is 0 Å². The number of halogens is 3. The number of aromatic nitrogens is 1. The number of fused-ring (bicyclic) bond motifs is 1. The molecule has 1 saturated heterocycles. The third-order valence-electron chi connectivity index (χ3n) is 5.16. The molecule has 0 bridgehead atoms. The number of aliphatic hydroxyl groups is 1. The first-order valence-corrected chi connectivity index (χ1v) is 8.68. The molecular formula is C19H23F3N2O. The highest BCUT2D eigenvalue weighted by Crippen LogP contribution is 2.32. The third-order valence-corrected chi connectivity index (χ3v) is 5.16. The van der Waals surface area contributed by atoms with Gasteiger partial charge in [-0.3, -0.25) is 4.90 Å². The molecule has 2 heterocycles. The van der Waals surface area contributed by atoms with E-state index in [4.69, 9.17) is 0 Å². The fraction of sp³-hybridized carbons (Fsp3) is 0.526. The minimum absolute atomic E-state index is 0.224. The van der Waals surface area contributed by atoms with Crippen LogP contribution < -0.4 is 0 Å². The van der Waals surface area contributed by atoms with E-state index in [2.05, 4.69) is 23.7 Å². The number of hydrogen-bond acceptors (Lipinski definition) is 3. The van der Waals surface area contributed by atoms with Gasteiger partial charge in [-0.05, 0) is 32.8 Å². The van der Waals surface area contributed by atoms with Crippen LogP contribution in [-0.4, -0.2) is 33.6 Å². The summed E-state index contributed by atoms with van der Waals surface area (Å²) in [5.74, 6) is 0. The van der Waals surface area contributed by atoms with E-state index in [-0.39, 0.29) is 5.52 Å². The Morgan fingerprint density at radius 3 is 2.48 bits per heavy atom. The molecule has 3 atom stereocenters. The van der Waals surface area contributed by atoms with Gasteiger partial charge in [-0.1, -0.05) is 30.7 Å². The van der Waals surface area contributed by atoms with Gasteiger partial charge in [0.2, 0.25) is 0 Å². The van der Waals surface area contributed by atoms with Crippen LogP contribution in [0.25, 0.3) is 10.9 Å². The Labute approximate surface area is 145 Å². The molecule has 1 fully saturated rings. The minimum Gasteiger partial charge on any atom is -0.387 e. The van der Waals surface area contributed by atoms with Gasteiger partial charge in [0.15, 0.2) is 0 Å². The molecule has 2 aromatic rings. The van der Waals surface area contributed by atoms with Crippen LogP contribution >= 0.6 is 0 Å². The number of para-hydroxylation sites is 1. The Balaban J connectivity index is 1.94. The molecule has 25 heavy (non-hydrogen) atoms. The van der Waals surface area contributed by atoms with Gasteiger partial charge < -0.3 is 5.11 Å². The Hall–Kier alpha value is -1.66. The predicted molar refractivity (Wildman–Crippen MR) is 91.2 cm³/mol. The molecule has 0 amide bonds. The fourth-order valence-electron chi connectivity index (χ4n) is 3.73. The Morgan fingerprint density at radius 1 is 1.16 bits per heavy atom. The number of alkyl halides is 3. The molecule has 1 aliphatic heterocycles. The molecule has 1 aromatic carbocycles. The summed E-state index contributed by atoms with van der Waals surface area (Å²) < 4.78 is 39.0. The normalized spacial score (nSPS) is 23.8. The summed E-state index contributed by atoms with van der Waals surface area (Å²) >= 11 is 0. The van der Waals surface area contributed by atoms with Gasteiger partial charge in [-0.2, -0.15) is 13.2 Å². The van der Waals surface area contributed by atoms with Crippen molar-refractivity contribution in [2.45, 2.75) is 57.5 Å². The molecule has 3 unspecified atom stereocenters. The highest BCUT2D eigenvalue weighted by atomic mass is 19.4. The Morgan fingerprint density at radius 2 is 1.84 bits per heavy atom. The summed E-state index contributed by atoms with van der Waals surface area (Å²) in [5.41, 5.74) is -0.255. The number of nitrogens with zero attached hydrogens (tertiary/aromatic N) is 2. The number of likely N-dealkylation sites (tertiary alicyclic amines) is 1. The molecule has 0 saturated carbocycles. The fourth-order valence-corrected chi connectivity index (χ4v) is 3.73. The second-order valence-electron chi connectivity index (χ2n) is 6.95. The van der Waals surface area contributed by atoms with Crippen molar-refractivity contribution in [3.8, 4) is 0 Å². The van der Waals surface area contributed by atoms with E-state index in [1.165, 1.54) is 12.5 Å². The number of benzene rings is 1. The highest BCUT2D eigenvalue weighted by Gasteiger charge is 2.33. The molecular weight excluding hydrogens is 329 g/mol. The average molecular weight is 352 g/mol. The Kier molecular flexibility index (Phi) is 5.02. The second kappa shape index (κ2) is 6.92. The minimum atomic E-state index is -4.50. The van der Waals surface area contributed by atoms with E-state index >= 15 is 0 Å². The molecule has 0 radical (unpaired) electrons. The van der Waals surface area contributed by atoms with Crippen LogP contribution in [0.2, 0.25) is 0 Å². The van der Waals surface area contributed by atoms with Crippen molar-refractivity contribution in [3.63, 3.8) is 0 Å². The number of piperidine rings is 1. The maximum absolute atomic E-state index is 13.0. The van der Waals surface area contributed by atoms with Gasteiger partial charge in [-0.25, -0.2) is 4.98 Å². The number of aliphatic hydroxyl groups excluding tert-OH is 1. The maximum Gasteiger partial charge on any atom is 0.433 e. The summed E-state index contributed by atoms with van der Waals surface area (Å²) in [5, 5.41) is 11.3. The van der Waals surface area contributed by atoms with E-state index in [1.54, 1.807) is 18.2 Å². The summed E-state index contributed by atoms with van der Waals surface area (Å²) in [4.78, 5) is 6.03. The Bertz CT molecular complexity index is 737. The van der Waals surface area contributed by atoms with Gasteiger partial charge in [0.05, 0.1) is 11.6 Å². The molecule has 3 rings (SSSR count). The topological polar surface area (TPSA) is 36.4 Å². The van der Waals surface area contributed by atoms with E-state index in [9.17, 15) is 18.3 Å². The molecule has 136 valence electrons. The zero-order valence-electron chi connectivity index (χ0n) is 14.4. The summed E-state index contributed by atoms with van der Waals surface area (Å²) in [7, 11) is 0. The summed E-state index contributed by atoms with van der Waals surface area (Å²) in [6.07, 6.45) is -2.06. The van der Waals surface area contributed by atoms with Crippen molar-refractivity contribution in [2.24, 2.45) is 0 Å². The van der Waals surface area contributed by atoms with Crippen molar-refractivity contribution in [1.82, 2.24) is 9.88 Å². The highest BCUT2D eigenvalue weighted by molar-refractivity contribution is 5.82. The second-order valence-corrected chi connectivity index (χ2v) is 6.95. The lowest BCUT2D eigenvalue weighted by Crippen LogP contribution is -2.45. The van der Waals surface area contributed by atoms with Gasteiger partial charge in [0.1, 0.15) is 5.69 Å². The van der Waals surface area contributed by atoms with Crippen LogP contribution in [0.15, 0.2) is 30.3 Å². The average Bonchev–Trinajstić information content (AvgIpc) is 2.56. The lowest BCUT2D eigenvalue weighted by atomic mass is 9.95. The monoisotopic (exact) mass is 352 g/mol. The number of rotatable bonds is 3. The van der Waals surface area contributed by atoms with Crippen molar-refractivity contribution in [1.29, 1.82) is 0 Å². The molecule has 1 aliphatic rings. The third kappa shape index (κ3) is 3.80. The van der Waals surface area contributed by atoms with Crippen LogP contribution in [0.1, 0.15) is 50.5 Å². The van der Waals surface area contributed by atoms with Gasteiger partial charge in [-0.15, -0.1) is 0 Å². The first-order chi connectivity index (χ1) is 11.8. The molecule has 1 aromatic heterocycles. The van der Waals surface area contributed by atoms with Gasteiger partial charge in [0, 0.05) is 29.6 Å². The molecule has 0 spiro atoms. The molecule has 6 heteroatoms. The molecule has 1 N–H and O–H groups in total. The van der Waals surface area contributed by atoms with E-state index in [0.29, 0.717) is 29.6 Å². The van der Waals surface area contributed by atoms with Crippen LogP contribution in [0, 0.1) is 0 Å². The van der Waals surface area contributed by atoms with Crippen LogP contribution in [0.4, 0.5) is 13.2 Å². The van der Waals surface area contributed by atoms with Crippen molar-refractivity contribution < 1.29 is 18.3 Å².